The van der Waals surface area contributed by atoms with Gasteiger partial charge in [-0.2, -0.15) is 0 Å². The number of nitro benzene ring substituents is 2. The lowest BCUT2D eigenvalue weighted by Crippen LogP contribution is -2.22. The van der Waals surface area contributed by atoms with Crippen molar-refractivity contribution in [2.24, 2.45) is 10.2 Å². The number of benzene rings is 2. The second kappa shape index (κ2) is 6.62. The quantitative estimate of drug-likeness (QED) is 0.284. The molecular weight excluding hydrogens is 362 g/mol. The number of hydrogen-bond acceptors (Lipinski definition) is 10. The van der Waals surface area contributed by atoms with E-state index in [-0.39, 0.29) is 27.3 Å². The summed E-state index contributed by atoms with van der Waals surface area (Å²) >= 11 is 0. The van der Waals surface area contributed by atoms with Crippen LogP contribution < -0.4 is 9.80 Å². The van der Waals surface area contributed by atoms with E-state index in [0.29, 0.717) is 5.69 Å². The monoisotopic (exact) mass is 373 g/mol. The second-order valence-corrected chi connectivity index (χ2v) is 5.51. The Kier molecular flexibility index (Phi) is 4.33. The van der Waals surface area contributed by atoms with Crippen LogP contribution in [0.3, 0.4) is 0 Å². The maximum Gasteiger partial charge on any atom is 0.303 e. The molecule has 3 rings (SSSR count). The zero-order chi connectivity index (χ0) is 19.7. The molecule has 0 saturated carbocycles. The predicted molar refractivity (Wildman–Crippen MR) is 91.2 cm³/mol. The van der Waals surface area contributed by atoms with E-state index in [0.717, 1.165) is 18.2 Å². The summed E-state index contributed by atoms with van der Waals surface area (Å²) in [6.07, 6.45) is 0. The van der Waals surface area contributed by atoms with Gasteiger partial charge in [-0.05, 0) is 23.1 Å². The van der Waals surface area contributed by atoms with E-state index in [1.807, 2.05) is 0 Å². The largest absolute Gasteiger partial charge is 0.376 e. The number of aromatic nitrogens is 2. The molecule has 2 aromatic carbocycles. The third-order valence-electron chi connectivity index (χ3n) is 3.62. The zero-order valence-corrected chi connectivity index (χ0v) is 14.0. The summed E-state index contributed by atoms with van der Waals surface area (Å²) in [7, 11) is 3.44. The Morgan fingerprint density at radius 3 is 2.48 bits per heavy atom. The molecule has 0 spiro atoms. The fraction of sp³-hybridized carbons (Fsp3) is 0.143. The normalized spacial score (nSPS) is 11.2. The molecule has 0 bridgehead atoms. The van der Waals surface area contributed by atoms with Crippen LogP contribution in [0.25, 0.3) is 11.0 Å². The van der Waals surface area contributed by atoms with Crippen LogP contribution >= 0.6 is 0 Å². The molecule has 3 aromatic rings. The number of anilines is 1. The topological polar surface area (TPSA) is 167 Å². The van der Waals surface area contributed by atoms with E-state index in [4.69, 9.17) is 0 Å². The van der Waals surface area contributed by atoms with Gasteiger partial charge in [-0.3, -0.25) is 24.9 Å². The van der Waals surface area contributed by atoms with Crippen molar-refractivity contribution in [1.29, 1.82) is 0 Å². The highest BCUT2D eigenvalue weighted by Gasteiger charge is 2.22. The Bertz CT molecular complexity index is 1090. The first-order valence-corrected chi connectivity index (χ1v) is 7.34. The summed E-state index contributed by atoms with van der Waals surface area (Å²) in [5.41, 5.74) is -0.303. The van der Waals surface area contributed by atoms with Crippen molar-refractivity contribution >= 4 is 39.5 Å². The van der Waals surface area contributed by atoms with Gasteiger partial charge < -0.3 is 10.1 Å². The lowest BCUT2D eigenvalue weighted by Gasteiger charge is -2.13. The molecule has 27 heavy (non-hydrogen) atoms. The lowest BCUT2D eigenvalue weighted by molar-refractivity contribution is -0.782. The second-order valence-electron chi connectivity index (χ2n) is 5.51. The van der Waals surface area contributed by atoms with Crippen LogP contribution in [0.2, 0.25) is 0 Å². The third-order valence-corrected chi connectivity index (χ3v) is 3.62. The summed E-state index contributed by atoms with van der Waals surface area (Å²) in [6.45, 7) is 0. The maximum absolute atomic E-state index is 11.6. The fourth-order valence-electron chi connectivity index (χ4n) is 2.34. The molecule has 0 amide bonds. The zero-order valence-electron chi connectivity index (χ0n) is 14.0. The smallest absolute Gasteiger partial charge is 0.303 e. The minimum absolute atomic E-state index is 0.104. The van der Waals surface area contributed by atoms with Crippen molar-refractivity contribution in [3.05, 3.63) is 55.8 Å². The van der Waals surface area contributed by atoms with Crippen molar-refractivity contribution in [3.8, 4) is 0 Å². The van der Waals surface area contributed by atoms with Gasteiger partial charge in [0.1, 0.15) is 0 Å². The van der Waals surface area contributed by atoms with Gasteiger partial charge in [0.25, 0.3) is 11.2 Å². The van der Waals surface area contributed by atoms with Gasteiger partial charge >= 0.3 is 5.69 Å². The molecule has 1 aromatic heterocycles. The SMILES string of the molecule is CN(C)c1ccc2c(no[n+]2[O-])c1N=Nc1ccc([N+](=O)[O-])cc1[N+](=O)[O-]. The van der Waals surface area contributed by atoms with Crippen LogP contribution in [-0.2, 0) is 0 Å². The molecule has 0 fully saturated rings. The minimum atomic E-state index is -0.795. The van der Waals surface area contributed by atoms with Gasteiger partial charge in [0.15, 0.2) is 11.4 Å². The fourth-order valence-corrected chi connectivity index (χ4v) is 2.34. The van der Waals surface area contributed by atoms with Gasteiger partial charge in [-0.1, -0.05) is 0 Å². The predicted octanol–water partition coefficient (Wildman–Crippen LogP) is 2.76. The average Bonchev–Trinajstić information content (AvgIpc) is 3.00. The van der Waals surface area contributed by atoms with Crippen molar-refractivity contribution < 1.29 is 19.4 Å². The van der Waals surface area contributed by atoms with E-state index in [1.54, 1.807) is 25.1 Å². The Balaban J connectivity index is 2.15. The Morgan fingerprint density at radius 2 is 1.85 bits per heavy atom. The molecule has 1 heterocycles. The molecule has 0 unspecified atom stereocenters. The Labute approximate surface area is 150 Å². The number of rotatable bonds is 5. The number of non-ortho nitro benzene ring substituents is 1. The standard InChI is InChI=1S/C14H11N7O6/c1-18(2)10-5-6-11-14(17-27-21(11)26)13(10)16-15-9-4-3-8(19(22)23)7-12(9)20(24)25/h3-7H,1-2H3. The van der Waals surface area contributed by atoms with Crippen LogP contribution in [0.15, 0.2) is 45.2 Å². The van der Waals surface area contributed by atoms with Crippen LogP contribution in [-0.4, -0.2) is 29.1 Å². The van der Waals surface area contributed by atoms with Crippen LogP contribution in [0.5, 0.6) is 0 Å². The number of hydrogen-bond donors (Lipinski definition) is 0. The molecule has 13 heteroatoms. The summed E-state index contributed by atoms with van der Waals surface area (Å²) in [4.78, 5) is 22.3. The molecule has 138 valence electrons. The first-order chi connectivity index (χ1) is 12.8. The minimum Gasteiger partial charge on any atom is -0.376 e. The molecule has 0 radical (unpaired) electrons. The van der Waals surface area contributed by atoms with Crippen LogP contribution in [0, 0.1) is 25.4 Å². The summed E-state index contributed by atoms with van der Waals surface area (Å²) in [5, 5.41) is 45.1. The number of nitro groups is 2. The third kappa shape index (κ3) is 3.20. The van der Waals surface area contributed by atoms with Crippen LogP contribution in [0.4, 0.5) is 28.4 Å². The first kappa shape index (κ1) is 17.7. The van der Waals surface area contributed by atoms with Gasteiger partial charge in [-0.25, -0.2) is 0 Å². The maximum atomic E-state index is 11.6. The van der Waals surface area contributed by atoms with Gasteiger partial charge in [0, 0.05) is 25.3 Å². The Morgan fingerprint density at radius 1 is 1.11 bits per heavy atom. The van der Waals surface area contributed by atoms with Crippen molar-refractivity contribution in [3.63, 3.8) is 0 Å². The molecule has 0 saturated heterocycles. The van der Waals surface area contributed by atoms with Crippen LogP contribution in [0.1, 0.15) is 0 Å². The molecule has 0 aliphatic carbocycles. The van der Waals surface area contributed by atoms with E-state index in [2.05, 4.69) is 20.0 Å². The van der Waals surface area contributed by atoms with E-state index in [1.165, 1.54) is 6.07 Å². The molecule has 0 aliphatic rings. The lowest BCUT2D eigenvalue weighted by atomic mass is 10.2. The van der Waals surface area contributed by atoms with Crippen molar-refractivity contribution in [2.45, 2.75) is 0 Å². The number of azo groups is 1. The average molecular weight is 373 g/mol. The summed E-state index contributed by atoms with van der Waals surface area (Å²) in [5.74, 6) is 0. The molecule has 0 aliphatic heterocycles. The highest BCUT2D eigenvalue weighted by atomic mass is 16.8. The van der Waals surface area contributed by atoms with Gasteiger partial charge in [0.05, 0.1) is 21.6 Å². The molecule has 0 atom stereocenters. The highest BCUT2D eigenvalue weighted by molar-refractivity contribution is 5.92. The Hall–Kier alpha value is -4.16. The van der Waals surface area contributed by atoms with Crippen molar-refractivity contribution in [2.75, 3.05) is 19.0 Å². The van der Waals surface area contributed by atoms with Gasteiger partial charge in [-0.15, -0.1) is 10.2 Å². The summed E-state index contributed by atoms with van der Waals surface area (Å²) < 4.78 is 4.55. The molecule has 0 N–H and O–H groups in total. The van der Waals surface area contributed by atoms with Crippen molar-refractivity contribution in [1.82, 2.24) is 5.16 Å². The molecule has 13 nitrogen and oxygen atoms in total. The van der Waals surface area contributed by atoms with E-state index < -0.39 is 21.2 Å². The van der Waals surface area contributed by atoms with Gasteiger partial charge in [0.2, 0.25) is 5.52 Å². The first-order valence-electron chi connectivity index (χ1n) is 7.34. The van der Waals surface area contributed by atoms with E-state index in [9.17, 15) is 25.4 Å². The number of fused-ring (bicyclic) bond motifs is 1. The van der Waals surface area contributed by atoms with E-state index >= 15 is 0 Å². The molecular formula is C14H11N7O6. The summed E-state index contributed by atoms with van der Waals surface area (Å²) in [6, 6.07) is 6.07. The highest BCUT2D eigenvalue weighted by Crippen LogP contribution is 2.37. The number of nitrogens with zero attached hydrogens (tertiary/aromatic N) is 7.